The number of urea groups is 1. The van der Waals surface area contributed by atoms with Crippen LogP contribution in [0.25, 0.3) is 0 Å². The number of aromatic nitrogens is 1. The van der Waals surface area contributed by atoms with Crippen LogP contribution in [0.4, 0.5) is 4.79 Å². The lowest BCUT2D eigenvalue weighted by atomic mass is 10.1. The van der Waals surface area contributed by atoms with E-state index >= 15 is 0 Å². The van der Waals surface area contributed by atoms with Crippen molar-refractivity contribution in [3.63, 3.8) is 0 Å². The minimum atomic E-state index is -0.0475. The van der Waals surface area contributed by atoms with Gasteiger partial charge in [0.05, 0.1) is 0 Å². The molecule has 4 heteroatoms. The Bertz CT molecular complexity index is 338. The van der Waals surface area contributed by atoms with E-state index in [0.29, 0.717) is 13.1 Å². The van der Waals surface area contributed by atoms with Crippen LogP contribution in [0.2, 0.25) is 0 Å². The lowest BCUT2D eigenvalue weighted by Crippen LogP contribution is -2.36. The maximum absolute atomic E-state index is 11.5. The first kappa shape index (κ1) is 11.5. The Labute approximate surface area is 90.3 Å². The maximum Gasteiger partial charge on any atom is 0.317 e. The van der Waals surface area contributed by atoms with Crippen LogP contribution in [0.1, 0.15) is 18.1 Å². The number of nitrogens with zero attached hydrogens (tertiary/aromatic N) is 2. The summed E-state index contributed by atoms with van der Waals surface area (Å²) in [5, 5.41) is 2.85. The zero-order chi connectivity index (χ0) is 11.3. The number of aryl methyl sites for hydroxylation is 1. The lowest BCUT2D eigenvalue weighted by molar-refractivity contribution is 0.210. The van der Waals surface area contributed by atoms with Crippen LogP contribution in [0, 0.1) is 6.92 Å². The molecule has 1 aromatic rings. The molecule has 1 N–H and O–H groups in total. The van der Waals surface area contributed by atoms with Crippen LogP contribution in [0.3, 0.4) is 0 Å². The van der Waals surface area contributed by atoms with E-state index in [0.717, 1.165) is 11.1 Å². The standard InChI is InChI=1S/C11H17N3O/c1-4-14(3)11(15)13-8-10-5-6-12-7-9(10)2/h5-7H,4,8H2,1-3H3,(H,13,15). The smallest absolute Gasteiger partial charge is 0.317 e. The fourth-order valence-corrected chi connectivity index (χ4v) is 1.15. The first-order chi connectivity index (χ1) is 7.15. The van der Waals surface area contributed by atoms with Crippen LogP contribution in [0.5, 0.6) is 0 Å². The van der Waals surface area contributed by atoms with E-state index in [1.807, 2.05) is 19.9 Å². The highest BCUT2D eigenvalue weighted by Gasteiger charge is 2.05. The fourth-order valence-electron chi connectivity index (χ4n) is 1.15. The Hall–Kier alpha value is -1.58. The van der Waals surface area contributed by atoms with Gasteiger partial charge in [0.15, 0.2) is 0 Å². The molecule has 0 fully saturated rings. The van der Waals surface area contributed by atoms with Gasteiger partial charge in [-0.2, -0.15) is 0 Å². The summed E-state index contributed by atoms with van der Waals surface area (Å²) in [6.45, 7) is 5.19. The summed E-state index contributed by atoms with van der Waals surface area (Å²) in [7, 11) is 1.77. The van der Waals surface area contributed by atoms with Gasteiger partial charge in [0.1, 0.15) is 0 Å². The van der Waals surface area contributed by atoms with E-state index < -0.39 is 0 Å². The first-order valence-electron chi connectivity index (χ1n) is 5.03. The van der Waals surface area contributed by atoms with Gasteiger partial charge >= 0.3 is 6.03 Å². The molecule has 0 aliphatic carbocycles. The molecule has 0 aliphatic rings. The minimum Gasteiger partial charge on any atom is -0.334 e. The second kappa shape index (κ2) is 5.34. The predicted octanol–water partition coefficient (Wildman–Crippen LogP) is 1.55. The Morgan fingerprint density at radius 2 is 2.33 bits per heavy atom. The van der Waals surface area contributed by atoms with E-state index in [9.17, 15) is 4.79 Å². The number of hydrogen-bond acceptors (Lipinski definition) is 2. The summed E-state index contributed by atoms with van der Waals surface area (Å²) in [5.41, 5.74) is 2.19. The van der Waals surface area contributed by atoms with Crippen molar-refractivity contribution in [2.45, 2.75) is 20.4 Å². The average molecular weight is 207 g/mol. The minimum absolute atomic E-state index is 0.0475. The Balaban J connectivity index is 2.51. The third kappa shape index (κ3) is 3.23. The molecule has 0 saturated heterocycles. The summed E-state index contributed by atoms with van der Waals surface area (Å²) >= 11 is 0. The monoisotopic (exact) mass is 207 g/mol. The molecule has 0 spiro atoms. The molecular weight excluding hydrogens is 190 g/mol. The summed E-state index contributed by atoms with van der Waals surface area (Å²) in [4.78, 5) is 17.1. The van der Waals surface area contributed by atoms with Crippen molar-refractivity contribution in [1.29, 1.82) is 0 Å². The molecular formula is C11H17N3O. The summed E-state index contributed by atoms with van der Waals surface area (Å²) in [5.74, 6) is 0. The van der Waals surface area contributed by atoms with Gasteiger partial charge in [-0.3, -0.25) is 4.98 Å². The van der Waals surface area contributed by atoms with E-state index in [-0.39, 0.29) is 6.03 Å². The van der Waals surface area contributed by atoms with Crippen LogP contribution in [-0.4, -0.2) is 29.5 Å². The number of hydrogen-bond donors (Lipinski definition) is 1. The molecule has 1 rings (SSSR count). The van der Waals surface area contributed by atoms with Gasteiger partial charge < -0.3 is 10.2 Å². The summed E-state index contributed by atoms with van der Waals surface area (Å²) in [6.07, 6.45) is 3.53. The predicted molar refractivity (Wildman–Crippen MR) is 59.5 cm³/mol. The zero-order valence-electron chi connectivity index (χ0n) is 9.45. The molecule has 0 bridgehead atoms. The second-order valence-corrected chi connectivity index (χ2v) is 3.48. The van der Waals surface area contributed by atoms with E-state index in [4.69, 9.17) is 0 Å². The van der Waals surface area contributed by atoms with E-state index in [1.165, 1.54) is 0 Å². The van der Waals surface area contributed by atoms with Crippen molar-refractivity contribution >= 4 is 6.03 Å². The van der Waals surface area contributed by atoms with Crippen molar-refractivity contribution in [2.75, 3.05) is 13.6 Å². The molecule has 1 heterocycles. The normalized spacial score (nSPS) is 9.80. The highest BCUT2D eigenvalue weighted by molar-refractivity contribution is 5.73. The van der Waals surface area contributed by atoms with Crippen LogP contribution in [0.15, 0.2) is 18.5 Å². The molecule has 4 nitrogen and oxygen atoms in total. The van der Waals surface area contributed by atoms with Gasteiger partial charge in [-0.15, -0.1) is 0 Å². The Morgan fingerprint density at radius 1 is 1.60 bits per heavy atom. The van der Waals surface area contributed by atoms with Crippen molar-refractivity contribution in [3.05, 3.63) is 29.6 Å². The van der Waals surface area contributed by atoms with Gasteiger partial charge in [0.2, 0.25) is 0 Å². The fraction of sp³-hybridized carbons (Fsp3) is 0.455. The number of carbonyl (C=O) groups excluding carboxylic acids is 1. The molecule has 0 saturated carbocycles. The number of rotatable bonds is 3. The summed E-state index contributed by atoms with van der Waals surface area (Å²) < 4.78 is 0. The molecule has 1 aromatic heterocycles. The van der Waals surface area contributed by atoms with Crippen LogP contribution < -0.4 is 5.32 Å². The molecule has 0 unspecified atom stereocenters. The topological polar surface area (TPSA) is 45.2 Å². The van der Waals surface area contributed by atoms with Gasteiger partial charge in [0, 0.05) is 32.5 Å². The average Bonchev–Trinajstić information content (AvgIpc) is 2.26. The maximum atomic E-state index is 11.5. The number of amides is 2. The van der Waals surface area contributed by atoms with Gasteiger partial charge in [-0.1, -0.05) is 0 Å². The summed E-state index contributed by atoms with van der Waals surface area (Å²) in [6, 6.07) is 1.87. The van der Waals surface area contributed by atoms with E-state index in [1.54, 1.807) is 24.3 Å². The molecule has 0 radical (unpaired) electrons. The van der Waals surface area contributed by atoms with Gasteiger partial charge in [0.25, 0.3) is 0 Å². The van der Waals surface area contributed by atoms with Crippen molar-refractivity contribution in [1.82, 2.24) is 15.2 Å². The van der Waals surface area contributed by atoms with Crippen molar-refractivity contribution in [3.8, 4) is 0 Å². The molecule has 82 valence electrons. The SMILES string of the molecule is CCN(C)C(=O)NCc1ccncc1C. The number of pyridine rings is 1. The third-order valence-corrected chi connectivity index (χ3v) is 2.39. The van der Waals surface area contributed by atoms with Crippen LogP contribution in [-0.2, 0) is 6.54 Å². The molecule has 0 aliphatic heterocycles. The van der Waals surface area contributed by atoms with Crippen molar-refractivity contribution in [2.24, 2.45) is 0 Å². The highest BCUT2D eigenvalue weighted by atomic mass is 16.2. The van der Waals surface area contributed by atoms with Crippen molar-refractivity contribution < 1.29 is 4.79 Å². The van der Waals surface area contributed by atoms with E-state index in [2.05, 4.69) is 10.3 Å². The Kier molecular flexibility index (Phi) is 4.09. The zero-order valence-corrected chi connectivity index (χ0v) is 9.45. The molecule has 0 aromatic carbocycles. The van der Waals surface area contributed by atoms with Gasteiger partial charge in [-0.25, -0.2) is 4.79 Å². The van der Waals surface area contributed by atoms with Gasteiger partial charge in [-0.05, 0) is 31.0 Å². The lowest BCUT2D eigenvalue weighted by Gasteiger charge is -2.15. The second-order valence-electron chi connectivity index (χ2n) is 3.48. The Morgan fingerprint density at radius 3 is 2.93 bits per heavy atom. The quantitative estimate of drug-likeness (QED) is 0.817. The van der Waals surface area contributed by atoms with Crippen LogP contribution >= 0.6 is 0 Å². The molecule has 15 heavy (non-hydrogen) atoms. The largest absolute Gasteiger partial charge is 0.334 e. The number of nitrogens with one attached hydrogen (secondary N) is 1. The molecule has 2 amide bonds. The molecule has 0 atom stereocenters. The number of carbonyl (C=O) groups is 1. The first-order valence-corrected chi connectivity index (χ1v) is 5.03. The highest BCUT2D eigenvalue weighted by Crippen LogP contribution is 2.04. The third-order valence-electron chi connectivity index (χ3n) is 2.39.